The summed E-state index contributed by atoms with van der Waals surface area (Å²) in [6, 6.07) is 7.85. The highest BCUT2D eigenvalue weighted by Gasteiger charge is 2.24. The van der Waals surface area contributed by atoms with Gasteiger partial charge in [0.1, 0.15) is 11.1 Å². The van der Waals surface area contributed by atoms with Gasteiger partial charge in [-0.25, -0.2) is 0 Å². The smallest absolute Gasteiger partial charge is 0.249 e. The van der Waals surface area contributed by atoms with Gasteiger partial charge >= 0.3 is 0 Å². The topological polar surface area (TPSA) is 71.3 Å². The fraction of sp³-hybridized carbons (Fsp3) is 0.391. The maximum Gasteiger partial charge on any atom is 0.249 e. The van der Waals surface area contributed by atoms with Gasteiger partial charge in [-0.2, -0.15) is 5.26 Å². The van der Waals surface area contributed by atoms with E-state index in [1.807, 2.05) is 32.0 Å². The van der Waals surface area contributed by atoms with Crippen LogP contribution in [0.3, 0.4) is 0 Å². The Morgan fingerprint density at radius 1 is 1.31 bits per heavy atom. The maximum atomic E-state index is 12.5. The number of carbonyl (C=O) groups is 1. The van der Waals surface area contributed by atoms with Gasteiger partial charge in [0.2, 0.25) is 5.91 Å². The molecule has 1 aromatic carbocycles. The second-order valence-electron chi connectivity index (χ2n) is 7.06. The lowest BCUT2D eigenvalue weighted by atomic mass is 9.89. The molecule has 0 saturated carbocycles. The molecule has 1 unspecified atom stereocenters. The predicted molar refractivity (Wildman–Crippen MR) is 117 cm³/mol. The van der Waals surface area contributed by atoms with E-state index in [4.69, 9.17) is 9.47 Å². The lowest BCUT2D eigenvalue weighted by Gasteiger charge is -2.17. The zero-order chi connectivity index (χ0) is 20.8. The zero-order valence-corrected chi connectivity index (χ0v) is 17.9. The number of amides is 1. The molecule has 0 radical (unpaired) electrons. The fourth-order valence-electron chi connectivity index (χ4n) is 3.45. The Labute approximate surface area is 176 Å². The average Bonchev–Trinajstić information content (AvgIpc) is 3.04. The van der Waals surface area contributed by atoms with Crippen LogP contribution in [0.25, 0.3) is 6.08 Å². The Morgan fingerprint density at radius 3 is 2.79 bits per heavy atom. The third-order valence-corrected chi connectivity index (χ3v) is 6.02. The molecule has 0 aliphatic heterocycles. The van der Waals surface area contributed by atoms with Crippen LogP contribution in [0.5, 0.6) is 11.5 Å². The van der Waals surface area contributed by atoms with E-state index in [0.717, 1.165) is 30.4 Å². The van der Waals surface area contributed by atoms with Crippen LogP contribution in [-0.2, 0) is 17.6 Å². The molecule has 152 valence electrons. The van der Waals surface area contributed by atoms with Crippen LogP contribution in [0.2, 0.25) is 0 Å². The summed E-state index contributed by atoms with van der Waals surface area (Å²) in [5, 5.41) is 13.1. The predicted octanol–water partition coefficient (Wildman–Crippen LogP) is 5.19. The fourth-order valence-corrected chi connectivity index (χ4v) is 4.82. The minimum Gasteiger partial charge on any atom is -0.490 e. The number of carbonyl (C=O) groups excluding carboxylic acids is 1. The van der Waals surface area contributed by atoms with Crippen molar-refractivity contribution in [2.24, 2.45) is 5.92 Å². The molecule has 1 amide bonds. The molecule has 1 heterocycles. The van der Waals surface area contributed by atoms with Crippen molar-refractivity contribution in [2.45, 2.75) is 40.0 Å². The highest BCUT2D eigenvalue weighted by molar-refractivity contribution is 7.16. The number of thiophene rings is 1. The molecule has 5 nitrogen and oxygen atoms in total. The first-order valence-corrected chi connectivity index (χ1v) is 10.8. The minimum absolute atomic E-state index is 0.250. The molecule has 0 saturated heterocycles. The van der Waals surface area contributed by atoms with Gasteiger partial charge in [-0.05, 0) is 68.4 Å². The number of nitriles is 1. The summed E-state index contributed by atoms with van der Waals surface area (Å²) < 4.78 is 11.2. The molecule has 1 N–H and O–H groups in total. The number of ether oxygens (including phenoxy) is 2. The summed E-state index contributed by atoms with van der Waals surface area (Å²) in [5.74, 6) is 1.71. The van der Waals surface area contributed by atoms with Crippen LogP contribution in [0.1, 0.15) is 48.8 Å². The van der Waals surface area contributed by atoms with Gasteiger partial charge in [0.05, 0.1) is 18.8 Å². The van der Waals surface area contributed by atoms with Gasteiger partial charge in [0, 0.05) is 11.0 Å². The van der Waals surface area contributed by atoms with Crippen molar-refractivity contribution in [1.82, 2.24) is 0 Å². The van der Waals surface area contributed by atoms with E-state index < -0.39 is 0 Å². The van der Waals surface area contributed by atoms with Gasteiger partial charge < -0.3 is 14.8 Å². The largest absolute Gasteiger partial charge is 0.490 e. The molecule has 0 spiro atoms. The zero-order valence-electron chi connectivity index (χ0n) is 17.1. The first kappa shape index (κ1) is 20.9. The summed E-state index contributed by atoms with van der Waals surface area (Å²) >= 11 is 1.53. The van der Waals surface area contributed by atoms with E-state index in [0.29, 0.717) is 41.2 Å². The number of fused-ring (bicyclic) bond motifs is 1. The molecule has 1 atom stereocenters. The summed E-state index contributed by atoms with van der Waals surface area (Å²) in [7, 11) is 0. The van der Waals surface area contributed by atoms with Crippen LogP contribution in [-0.4, -0.2) is 19.1 Å². The van der Waals surface area contributed by atoms with Crippen molar-refractivity contribution in [3.8, 4) is 17.6 Å². The Hall–Kier alpha value is -2.78. The number of anilines is 1. The monoisotopic (exact) mass is 410 g/mol. The van der Waals surface area contributed by atoms with Crippen molar-refractivity contribution >= 4 is 28.3 Å². The van der Waals surface area contributed by atoms with Crippen LogP contribution < -0.4 is 14.8 Å². The van der Waals surface area contributed by atoms with Gasteiger partial charge in [-0.15, -0.1) is 11.3 Å². The molecular weight excluding hydrogens is 384 g/mol. The SMILES string of the molecule is CCOc1ccc(C=CC(=O)Nc2sc3c(c2C#N)CCC(C)C3)cc1OCC. The van der Waals surface area contributed by atoms with E-state index in [1.54, 1.807) is 6.08 Å². The van der Waals surface area contributed by atoms with Crippen molar-refractivity contribution in [1.29, 1.82) is 5.26 Å². The van der Waals surface area contributed by atoms with Crippen molar-refractivity contribution < 1.29 is 14.3 Å². The van der Waals surface area contributed by atoms with Crippen molar-refractivity contribution in [3.63, 3.8) is 0 Å². The normalized spacial score (nSPS) is 15.6. The molecule has 29 heavy (non-hydrogen) atoms. The molecule has 1 aromatic heterocycles. The van der Waals surface area contributed by atoms with Crippen LogP contribution in [0.15, 0.2) is 24.3 Å². The van der Waals surface area contributed by atoms with Gasteiger partial charge in [0.15, 0.2) is 11.5 Å². The van der Waals surface area contributed by atoms with Crippen molar-refractivity contribution in [3.05, 3.63) is 45.8 Å². The molecule has 1 aliphatic rings. The molecule has 1 aliphatic carbocycles. The number of nitrogens with zero attached hydrogens (tertiary/aromatic N) is 1. The molecule has 0 fully saturated rings. The number of hydrogen-bond acceptors (Lipinski definition) is 5. The second kappa shape index (κ2) is 9.62. The third-order valence-electron chi connectivity index (χ3n) is 4.85. The minimum atomic E-state index is -0.250. The van der Waals surface area contributed by atoms with Crippen LogP contribution >= 0.6 is 11.3 Å². The third kappa shape index (κ3) is 4.99. The summed E-state index contributed by atoms with van der Waals surface area (Å²) in [5.41, 5.74) is 2.58. The van der Waals surface area contributed by atoms with Crippen molar-refractivity contribution in [2.75, 3.05) is 18.5 Å². The lowest BCUT2D eigenvalue weighted by Crippen LogP contribution is -2.10. The van der Waals surface area contributed by atoms with Gasteiger partial charge in [-0.1, -0.05) is 13.0 Å². The molecule has 2 aromatic rings. The average molecular weight is 411 g/mol. The van der Waals surface area contributed by atoms with E-state index in [-0.39, 0.29) is 5.91 Å². The van der Waals surface area contributed by atoms with E-state index in [1.165, 1.54) is 22.3 Å². The Balaban J connectivity index is 1.74. The molecule has 3 rings (SSSR count). The van der Waals surface area contributed by atoms with E-state index in [2.05, 4.69) is 18.3 Å². The van der Waals surface area contributed by atoms with Gasteiger partial charge in [0.25, 0.3) is 0 Å². The highest BCUT2D eigenvalue weighted by atomic mass is 32.1. The molecule has 0 bridgehead atoms. The number of benzene rings is 1. The Bertz CT molecular complexity index is 956. The summed E-state index contributed by atoms with van der Waals surface area (Å²) in [4.78, 5) is 13.7. The summed E-state index contributed by atoms with van der Waals surface area (Å²) in [6.45, 7) is 7.16. The van der Waals surface area contributed by atoms with E-state index in [9.17, 15) is 10.1 Å². The van der Waals surface area contributed by atoms with Gasteiger partial charge in [-0.3, -0.25) is 4.79 Å². The number of rotatable bonds is 7. The number of hydrogen-bond donors (Lipinski definition) is 1. The number of nitrogens with one attached hydrogen (secondary N) is 1. The van der Waals surface area contributed by atoms with Crippen LogP contribution in [0, 0.1) is 17.2 Å². The first-order valence-electron chi connectivity index (χ1n) is 9.99. The van der Waals surface area contributed by atoms with Crippen LogP contribution in [0.4, 0.5) is 5.00 Å². The lowest BCUT2D eigenvalue weighted by molar-refractivity contribution is -0.111. The standard InChI is InChI=1S/C23H26N2O3S/c1-4-27-19-10-7-16(13-20(19)28-5-2)8-11-22(26)25-23-18(14-24)17-9-6-15(3)12-21(17)29-23/h7-8,10-11,13,15H,4-6,9,12H2,1-3H3,(H,25,26). The maximum absolute atomic E-state index is 12.5. The second-order valence-corrected chi connectivity index (χ2v) is 8.17. The Kier molecular flexibility index (Phi) is 6.95. The Morgan fingerprint density at radius 2 is 2.07 bits per heavy atom. The quantitative estimate of drug-likeness (QED) is 0.637. The van der Waals surface area contributed by atoms with E-state index >= 15 is 0 Å². The molecule has 6 heteroatoms. The molecular formula is C23H26N2O3S. The summed E-state index contributed by atoms with van der Waals surface area (Å²) in [6.07, 6.45) is 6.19. The highest BCUT2D eigenvalue weighted by Crippen LogP contribution is 2.39. The first-order chi connectivity index (χ1) is 14.0.